The van der Waals surface area contributed by atoms with E-state index in [2.05, 4.69) is 67.1 Å². The van der Waals surface area contributed by atoms with E-state index in [1.54, 1.807) is 0 Å². The molecular formula is C29H41N3O2. The lowest BCUT2D eigenvalue weighted by atomic mass is 10.0. The Morgan fingerprint density at radius 1 is 1.00 bits per heavy atom. The van der Waals surface area contributed by atoms with Crippen molar-refractivity contribution in [2.24, 2.45) is 5.92 Å². The number of nitrogens with zero attached hydrogens (tertiary/aromatic N) is 2. The molecule has 0 unspecified atom stereocenters. The van der Waals surface area contributed by atoms with Gasteiger partial charge in [-0.2, -0.15) is 0 Å². The van der Waals surface area contributed by atoms with E-state index in [0.717, 1.165) is 82.3 Å². The van der Waals surface area contributed by atoms with Crippen molar-refractivity contribution >= 4 is 16.9 Å². The highest BCUT2D eigenvalue weighted by molar-refractivity contribution is 5.78. The summed E-state index contributed by atoms with van der Waals surface area (Å²) in [7, 11) is 0. The molecule has 0 saturated carbocycles. The first-order chi connectivity index (χ1) is 16.6. The number of unbranched alkanes of at least 4 members (excludes halogenated alkanes) is 3. The summed E-state index contributed by atoms with van der Waals surface area (Å²) in [5.74, 6) is 2.48. The van der Waals surface area contributed by atoms with Crippen LogP contribution in [0.3, 0.4) is 0 Å². The fourth-order valence-electron chi connectivity index (χ4n) is 4.43. The van der Waals surface area contributed by atoms with E-state index in [1.165, 1.54) is 16.9 Å². The van der Waals surface area contributed by atoms with Gasteiger partial charge in [-0.05, 0) is 75.3 Å². The van der Waals surface area contributed by atoms with Crippen molar-refractivity contribution in [1.82, 2.24) is 14.9 Å². The summed E-state index contributed by atoms with van der Waals surface area (Å²) in [5.41, 5.74) is 3.51. The van der Waals surface area contributed by atoms with Gasteiger partial charge in [0.25, 0.3) is 0 Å². The first kappa shape index (κ1) is 25.8. The van der Waals surface area contributed by atoms with Crippen molar-refractivity contribution in [3.8, 4) is 5.75 Å². The molecule has 0 radical (unpaired) electrons. The van der Waals surface area contributed by atoms with E-state index in [-0.39, 0.29) is 11.8 Å². The zero-order valence-electron chi connectivity index (χ0n) is 21.2. The van der Waals surface area contributed by atoms with E-state index in [9.17, 15) is 4.79 Å². The molecule has 0 aliphatic carbocycles. The number of benzene rings is 2. The maximum absolute atomic E-state index is 12.1. The van der Waals surface area contributed by atoms with Crippen LogP contribution in [0.2, 0.25) is 0 Å². The van der Waals surface area contributed by atoms with Crippen molar-refractivity contribution in [3.63, 3.8) is 0 Å². The topological polar surface area (TPSA) is 56.2 Å². The molecule has 0 spiro atoms. The Labute approximate surface area is 204 Å². The van der Waals surface area contributed by atoms with Crippen LogP contribution in [-0.2, 0) is 17.8 Å². The number of carbonyl (C=O) groups is 1. The molecule has 1 aromatic heterocycles. The molecule has 0 saturated heterocycles. The number of hydrogen-bond acceptors (Lipinski definition) is 3. The number of para-hydroxylation sites is 2. The minimum Gasteiger partial charge on any atom is -0.494 e. The van der Waals surface area contributed by atoms with Crippen molar-refractivity contribution in [2.75, 3.05) is 13.2 Å². The normalized spacial score (nSPS) is 11.3. The lowest BCUT2D eigenvalue weighted by Gasteiger charge is -2.12. The molecule has 3 rings (SSSR count). The molecule has 184 valence electrons. The lowest BCUT2D eigenvalue weighted by Crippen LogP contribution is -2.30. The molecule has 1 heterocycles. The third-order valence-corrected chi connectivity index (χ3v) is 6.50. The summed E-state index contributed by atoms with van der Waals surface area (Å²) in [5, 5.41) is 3.10. The number of aryl methyl sites for hydroxylation is 3. The number of aromatic nitrogens is 2. The molecule has 34 heavy (non-hydrogen) atoms. The van der Waals surface area contributed by atoms with Crippen LogP contribution in [0, 0.1) is 12.8 Å². The van der Waals surface area contributed by atoms with E-state index in [4.69, 9.17) is 9.72 Å². The molecule has 0 bridgehead atoms. The van der Waals surface area contributed by atoms with Crippen LogP contribution in [0.25, 0.3) is 11.0 Å². The van der Waals surface area contributed by atoms with Gasteiger partial charge in [0.2, 0.25) is 5.91 Å². The monoisotopic (exact) mass is 463 g/mol. The minimum atomic E-state index is 0.155. The fraction of sp³-hybridized carbons (Fsp3) is 0.517. The SMILES string of the molecule is CCC(CC)C(=O)NCCCCCc1nc2ccccc2n1CCCCOc1cccc(C)c1. The smallest absolute Gasteiger partial charge is 0.223 e. The second-order valence-electron chi connectivity index (χ2n) is 9.16. The third kappa shape index (κ3) is 7.61. The molecule has 0 fully saturated rings. The van der Waals surface area contributed by atoms with Crippen LogP contribution in [0.1, 0.15) is 70.2 Å². The Morgan fingerprint density at radius 3 is 2.62 bits per heavy atom. The number of hydrogen-bond donors (Lipinski definition) is 1. The number of carbonyl (C=O) groups excluding carboxylic acids is 1. The van der Waals surface area contributed by atoms with Crippen molar-refractivity contribution in [1.29, 1.82) is 0 Å². The average molecular weight is 464 g/mol. The Hall–Kier alpha value is -2.82. The number of amides is 1. The molecule has 2 aromatic carbocycles. The minimum absolute atomic E-state index is 0.155. The molecular weight excluding hydrogens is 422 g/mol. The predicted molar refractivity (Wildman–Crippen MR) is 140 cm³/mol. The summed E-state index contributed by atoms with van der Waals surface area (Å²) >= 11 is 0. The maximum Gasteiger partial charge on any atom is 0.223 e. The highest BCUT2D eigenvalue weighted by Crippen LogP contribution is 2.19. The summed E-state index contributed by atoms with van der Waals surface area (Å²) in [4.78, 5) is 17.0. The van der Waals surface area contributed by atoms with E-state index in [1.807, 2.05) is 12.1 Å². The highest BCUT2D eigenvalue weighted by atomic mass is 16.5. The van der Waals surface area contributed by atoms with Gasteiger partial charge >= 0.3 is 0 Å². The first-order valence-electron chi connectivity index (χ1n) is 13.0. The van der Waals surface area contributed by atoms with Crippen molar-refractivity contribution < 1.29 is 9.53 Å². The van der Waals surface area contributed by atoms with Gasteiger partial charge in [-0.25, -0.2) is 4.98 Å². The lowest BCUT2D eigenvalue weighted by molar-refractivity contribution is -0.125. The molecule has 0 aliphatic heterocycles. The number of ether oxygens (including phenoxy) is 1. The van der Waals surface area contributed by atoms with Gasteiger partial charge in [0.1, 0.15) is 11.6 Å². The summed E-state index contributed by atoms with van der Waals surface area (Å²) < 4.78 is 8.30. The molecule has 1 N–H and O–H groups in total. The number of nitrogens with one attached hydrogen (secondary N) is 1. The number of imidazole rings is 1. The van der Waals surface area contributed by atoms with E-state index in [0.29, 0.717) is 0 Å². The van der Waals surface area contributed by atoms with Crippen LogP contribution >= 0.6 is 0 Å². The van der Waals surface area contributed by atoms with Gasteiger partial charge in [-0.15, -0.1) is 0 Å². The zero-order valence-corrected chi connectivity index (χ0v) is 21.2. The standard InChI is InChI=1S/C29H41N3O2/c1-4-24(5-2)29(33)30-19-10-6-7-18-28-31-26-16-8-9-17-27(26)32(28)20-11-12-21-34-25-15-13-14-23(3)22-25/h8-9,13-17,22,24H,4-7,10-12,18-21H2,1-3H3,(H,30,33). The Balaban J connectivity index is 1.44. The summed E-state index contributed by atoms with van der Waals surface area (Å²) in [6.45, 7) is 8.70. The summed E-state index contributed by atoms with van der Waals surface area (Å²) in [6.07, 6.45) is 8.05. The Bertz CT molecular complexity index is 1020. The van der Waals surface area contributed by atoms with Crippen molar-refractivity contribution in [3.05, 3.63) is 59.9 Å². The predicted octanol–water partition coefficient (Wildman–Crippen LogP) is 6.47. The Kier molecular flexibility index (Phi) is 10.5. The van der Waals surface area contributed by atoms with Gasteiger partial charge in [0, 0.05) is 25.4 Å². The second kappa shape index (κ2) is 13.8. The molecule has 0 atom stereocenters. The van der Waals surface area contributed by atoms with Crippen molar-refractivity contribution in [2.45, 2.75) is 78.7 Å². The molecule has 1 amide bonds. The van der Waals surface area contributed by atoms with Crippen LogP contribution in [0.4, 0.5) is 0 Å². The molecule has 0 aliphatic rings. The largest absolute Gasteiger partial charge is 0.494 e. The van der Waals surface area contributed by atoms with Crippen LogP contribution in [0.5, 0.6) is 5.75 Å². The third-order valence-electron chi connectivity index (χ3n) is 6.50. The van der Waals surface area contributed by atoms with Gasteiger partial charge in [0.15, 0.2) is 0 Å². The fourth-order valence-corrected chi connectivity index (χ4v) is 4.43. The van der Waals surface area contributed by atoms with Crippen LogP contribution in [0.15, 0.2) is 48.5 Å². The maximum atomic E-state index is 12.1. The van der Waals surface area contributed by atoms with Crippen LogP contribution < -0.4 is 10.1 Å². The van der Waals surface area contributed by atoms with E-state index < -0.39 is 0 Å². The van der Waals surface area contributed by atoms with E-state index >= 15 is 0 Å². The van der Waals surface area contributed by atoms with Gasteiger partial charge in [-0.1, -0.05) is 44.5 Å². The Morgan fingerprint density at radius 2 is 1.82 bits per heavy atom. The molecule has 5 nitrogen and oxygen atoms in total. The number of rotatable bonds is 15. The molecule has 3 aromatic rings. The molecule has 5 heteroatoms. The zero-order chi connectivity index (χ0) is 24.2. The average Bonchev–Trinajstić information content (AvgIpc) is 3.19. The van der Waals surface area contributed by atoms with Gasteiger partial charge < -0.3 is 14.6 Å². The van der Waals surface area contributed by atoms with Crippen LogP contribution in [-0.4, -0.2) is 28.6 Å². The first-order valence-corrected chi connectivity index (χ1v) is 13.0. The highest BCUT2D eigenvalue weighted by Gasteiger charge is 2.13. The second-order valence-corrected chi connectivity index (χ2v) is 9.16. The number of fused-ring (bicyclic) bond motifs is 1. The van der Waals surface area contributed by atoms with Gasteiger partial charge in [0.05, 0.1) is 17.6 Å². The van der Waals surface area contributed by atoms with Gasteiger partial charge in [-0.3, -0.25) is 4.79 Å². The quantitative estimate of drug-likeness (QED) is 0.263. The summed E-state index contributed by atoms with van der Waals surface area (Å²) in [6, 6.07) is 16.6.